The monoisotopic (exact) mass is 252 g/mol. The van der Waals surface area contributed by atoms with Gasteiger partial charge in [0, 0.05) is 23.7 Å². The molecule has 3 heterocycles. The minimum absolute atomic E-state index is 0.170. The highest BCUT2D eigenvalue weighted by molar-refractivity contribution is 7.09. The average Bonchev–Trinajstić information content (AvgIpc) is 3.03. The van der Waals surface area contributed by atoms with E-state index in [9.17, 15) is 9.90 Å². The Labute approximate surface area is 104 Å². The van der Waals surface area contributed by atoms with Crippen molar-refractivity contribution in [1.29, 1.82) is 0 Å². The number of hydrogen-bond donors (Lipinski definition) is 1. The molecular weight excluding hydrogens is 236 g/mol. The summed E-state index contributed by atoms with van der Waals surface area (Å²) in [6.07, 6.45) is 4.81. The first-order valence-corrected chi connectivity index (χ1v) is 6.96. The second-order valence-electron chi connectivity index (χ2n) is 4.97. The molecule has 0 saturated carbocycles. The first-order valence-electron chi connectivity index (χ1n) is 6.08. The topological polar surface area (TPSA) is 53.4 Å². The van der Waals surface area contributed by atoms with Gasteiger partial charge in [-0.1, -0.05) is 0 Å². The quantitative estimate of drug-likeness (QED) is 0.895. The fourth-order valence-corrected chi connectivity index (χ4v) is 4.17. The summed E-state index contributed by atoms with van der Waals surface area (Å²) in [5, 5.41) is 12.3. The van der Waals surface area contributed by atoms with E-state index < -0.39 is 5.97 Å². The van der Waals surface area contributed by atoms with E-state index in [2.05, 4.69) is 16.8 Å². The van der Waals surface area contributed by atoms with Gasteiger partial charge in [-0.15, -0.1) is 11.3 Å². The average molecular weight is 252 g/mol. The van der Waals surface area contributed by atoms with Crippen molar-refractivity contribution in [2.24, 2.45) is 5.92 Å². The van der Waals surface area contributed by atoms with Crippen LogP contribution in [0.15, 0.2) is 11.6 Å². The molecule has 2 bridgehead atoms. The van der Waals surface area contributed by atoms with Crippen molar-refractivity contribution >= 4 is 17.3 Å². The van der Waals surface area contributed by atoms with E-state index in [4.69, 9.17) is 0 Å². The highest BCUT2D eigenvalue weighted by Crippen LogP contribution is 2.46. The molecule has 0 spiro atoms. The van der Waals surface area contributed by atoms with Gasteiger partial charge in [0.25, 0.3) is 0 Å². The number of fused-ring (bicyclic) bond motifs is 2. The first kappa shape index (κ1) is 11.2. The van der Waals surface area contributed by atoms with Crippen molar-refractivity contribution in [1.82, 2.24) is 9.88 Å². The third-order valence-corrected chi connectivity index (χ3v) is 5.11. The highest BCUT2D eigenvalue weighted by Gasteiger charge is 2.51. The van der Waals surface area contributed by atoms with E-state index in [0.29, 0.717) is 6.04 Å². The Morgan fingerprint density at radius 2 is 2.47 bits per heavy atom. The lowest BCUT2D eigenvalue weighted by molar-refractivity contribution is -0.142. The molecule has 1 aromatic heterocycles. The van der Waals surface area contributed by atoms with Gasteiger partial charge in [0.1, 0.15) is 5.01 Å². The molecule has 5 heteroatoms. The number of aromatic nitrogens is 1. The zero-order valence-electron chi connectivity index (χ0n) is 9.74. The van der Waals surface area contributed by atoms with Gasteiger partial charge in [-0.3, -0.25) is 9.69 Å². The third-order valence-electron chi connectivity index (χ3n) is 4.16. The van der Waals surface area contributed by atoms with Crippen LogP contribution in [-0.4, -0.2) is 33.0 Å². The predicted octanol–water partition coefficient (Wildman–Crippen LogP) is 2.14. The van der Waals surface area contributed by atoms with Crippen LogP contribution in [0.3, 0.4) is 0 Å². The Balaban J connectivity index is 1.83. The number of carbonyl (C=O) groups is 1. The van der Waals surface area contributed by atoms with Crippen LogP contribution < -0.4 is 0 Å². The molecule has 4 unspecified atom stereocenters. The van der Waals surface area contributed by atoms with Crippen molar-refractivity contribution in [3.05, 3.63) is 16.6 Å². The molecule has 0 aliphatic carbocycles. The van der Waals surface area contributed by atoms with Crippen LogP contribution in [0.25, 0.3) is 0 Å². The molecule has 2 aliphatic rings. The fourth-order valence-electron chi connectivity index (χ4n) is 3.47. The van der Waals surface area contributed by atoms with E-state index >= 15 is 0 Å². The summed E-state index contributed by atoms with van der Waals surface area (Å²) < 4.78 is 0. The second kappa shape index (κ2) is 4.07. The number of aliphatic carboxylic acids is 1. The summed E-state index contributed by atoms with van der Waals surface area (Å²) >= 11 is 1.66. The molecule has 2 saturated heterocycles. The molecule has 0 radical (unpaired) electrons. The van der Waals surface area contributed by atoms with Crippen molar-refractivity contribution in [3.8, 4) is 0 Å². The Morgan fingerprint density at radius 3 is 3.06 bits per heavy atom. The van der Waals surface area contributed by atoms with Crippen molar-refractivity contribution < 1.29 is 9.90 Å². The largest absolute Gasteiger partial charge is 0.481 e. The van der Waals surface area contributed by atoms with Gasteiger partial charge in [0.2, 0.25) is 0 Å². The van der Waals surface area contributed by atoms with Crippen molar-refractivity contribution in [2.75, 3.05) is 0 Å². The van der Waals surface area contributed by atoms with Crippen LogP contribution in [0.5, 0.6) is 0 Å². The van der Waals surface area contributed by atoms with Crippen LogP contribution in [0.1, 0.15) is 37.2 Å². The summed E-state index contributed by atoms with van der Waals surface area (Å²) in [6, 6.07) is 0.924. The highest BCUT2D eigenvalue weighted by atomic mass is 32.1. The Kier molecular flexibility index (Phi) is 2.67. The Morgan fingerprint density at radius 1 is 1.65 bits per heavy atom. The number of rotatable bonds is 3. The summed E-state index contributed by atoms with van der Waals surface area (Å²) in [7, 11) is 0. The normalized spacial score (nSPS) is 34.1. The van der Waals surface area contributed by atoms with Crippen molar-refractivity contribution in [3.63, 3.8) is 0 Å². The number of nitrogens with zero attached hydrogens (tertiary/aromatic N) is 2. The van der Waals surface area contributed by atoms with Crippen LogP contribution in [0.2, 0.25) is 0 Å². The summed E-state index contributed by atoms with van der Waals surface area (Å²) in [5.41, 5.74) is 0. The minimum Gasteiger partial charge on any atom is -0.481 e. The molecule has 1 aromatic rings. The number of carboxylic acids is 1. The molecule has 2 aliphatic heterocycles. The van der Waals surface area contributed by atoms with E-state index in [1.165, 1.54) is 0 Å². The van der Waals surface area contributed by atoms with Crippen LogP contribution >= 0.6 is 11.3 Å². The van der Waals surface area contributed by atoms with Gasteiger partial charge >= 0.3 is 5.97 Å². The molecule has 17 heavy (non-hydrogen) atoms. The molecule has 92 valence electrons. The zero-order chi connectivity index (χ0) is 12.0. The van der Waals surface area contributed by atoms with Gasteiger partial charge in [-0.2, -0.15) is 0 Å². The van der Waals surface area contributed by atoms with Gasteiger partial charge < -0.3 is 5.11 Å². The minimum atomic E-state index is -0.631. The first-order chi connectivity index (χ1) is 8.18. The predicted molar refractivity (Wildman–Crippen MR) is 64.9 cm³/mol. The molecule has 0 aromatic carbocycles. The van der Waals surface area contributed by atoms with Gasteiger partial charge in [0.05, 0.1) is 12.0 Å². The standard InChI is InChI=1S/C12H16N2O2S/c1-7(11-13-4-5-17-11)14-8-2-3-10(14)9(6-8)12(15)16/h4-5,7-10H,2-3,6H2,1H3,(H,15,16). The van der Waals surface area contributed by atoms with E-state index in [1.807, 2.05) is 11.6 Å². The van der Waals surface area contributed by atoms with E-state index in [0.717, 1.165) is 24.3 Å². The maximum Gasteiger partial charge on any atom is 0.308 e. The Bertz CT molecular complexity index is 420. The number of thiazole rings is 1. The zero-order valence-corrected chi connectivity index (χ0v) is 10.6. The fraction of sp³-hybridized carbons (Fsp3) is 0.667. The molecule has 1 N–H and O–H groups in total. The lowest BCUT2D eigenvalue weighted by atomic mass is 9.89. The summed E-state index contributed by atoms with van der Waals surface area (Å²) in [4.78, 5) is 17.9. The number of carboxylic acid groups (broad SMARTS) is 1. The van der Waals surface area contributed by atoms with Crippen LogP contribution in [0.4, 0.5) is 0 Å². The van der Waals surface area contributed by atoms with E-state index in [-0.39, 0.29) is 18.0 Å². The second-order valence-corrected chi connectivity index (χ2v) is 5.90. The molecule has 4 atom stereocenters. The summed E-state index contributed by atoms with van der Waals surface area (Å²) in [6.45, 7) is 2.15. The smallest absolute Gasteiger partial charge is 0.308 e. The maximum atomic E-state index is 11.2. The lowest BCUT2D eigenvalue weighted by Crippen LogP contribution is -2.34. The summed E-state index contributed by atoms with van der Waals surface area (Å²) in [5.74, 6) is -0.801. The molecule has 3 rings (SSSR count). The van der Waals surface area contributed by atoms with Crippen LogP contribution in [-0.2, 0) is 4.79 Å². The third kappa shape index (κ3) is 1.68. The van der Waals surface area contributed by atoms with Gasteiger partial charge in [-0.25, -0.2) is 4.98 Å². The SMILES string of the molecule is CC(c1nccs1)N1C2CCC1C(C(=O)O)C2. The molecule has 4 nitrogen and oxygen atoms in total. The Hall–Kier alpha value is -0.940. The molecule has 2 fully saturated rings. The maximum absolute atomic E-state index is 11.2. The van der Waals surface area contributed by atoms with E-state index in [1.54, 1.807) is 11.3 Å². The van der Waals surface area contributed by atoms with Crippen LogP contribution in [0, 0.1) is 5.92 Å². The number of hydrogen-bond acceptors (Lipinski definition) is 4. The van der Waals surface area contributed by atoms with Crippen molar-refractivity contribution in [2.45, 2.75) is 44.3 Å². The van der Waals surface area contributed by atoms with Gasteiger partial charge in [0.15, 0.2) is 0 Å². The van der Waals surface area contributed by atoms with Gasteiger partial charge in [-0.05, 0) is 26.2 Å². The molecule has 0 amide bonds. The molecular formula is C12H16N2O2S. The lowest BCUT2D eigenvalue weighted by Gasteiger charge is -2.28.